The smallest absolute Gasteiger partial charge is 0.236 e. The molecule has 2 heterocycles. The molecule has 4 rings (SSSR count). The summed E-state index contributed by atoms with van der Waals surface area (Å²) in [4.78, 5) is 17.0. The van der Waals surface area contributed by atoms with Crippen LogP contribution in [0.5, 0.6) is 5.75 Å². The highest BCUT2D eigenvalue weighted by molar-refractivity contribution is 7.99. The van der Waals surface area contributed by atoms with Crippen LogP contribution in [0.4, 0.5) is 5.13 Å². The van der Waals surface area contributed by atoms with Gasteiger partial charge in [-0.05, 0) is 24.1 Å². The molecule has 0 bridgehead atoms. The van der Waals surface area contributed by atoms with Crippen LogP contribution in [0.15, 0.2) is 65.4 Å². The SMILES string of the molecule is CCc1ccc(-c2csc(NC(=O)CSc3nncn3-c3ccccc3OC)n2)cc1. The Morgan fingerprint density at radius 1 is 1.19 bits per heavy atom. The first-order valence-corrected chi connectivity index (χ1v) is 11.6. The van der Waals surface area contributed by atoms with Gasteiger partial charge in [0.25, 0.3) is 0 Å². The molecule has 0 aliphatic rings. The average molecular weight is 452 g/mol. The van der Waals surface area contributed by atoms with Gasteiger partial charge in [-0.1, -0.05) is 55.1 Å². The number of hydrogen-bond acceptors (Lipinski definition) is 7. The molecule has 0 aliphatic carbocycles. The molecule has 0 spiro atoms. The highest BCUT2D eigenvalue weighted by Crippen LogP contribution is 2.28. The number of rotatable bonds is 8. The molecule has 31 heavy (non-hydrogen) atoms. The third-order valence-corrected chi connectivity index (χ3v) is 6.30. The van der Waals surface area contributed by atoms with E-state index in [0.717, 1.165) is 23.4 Å². The lowest BCUT2D eigenvalue weighted by Crippen LogP contribution is -2.14. The summed E-state index contributed by atoms with van der Waals surface area (Å²) in [5.41, 5.74) is 3.99. The van der Waals surface area contributed by atoms with Gasteiger partial charge in [-0.2, -0.15) is 0 Å². The Labute approximate surface area is 188 Å². The summed E-state index contributed by atoms with van der Waals surface area (Å²) in [6, 6.07) is 15.9. The fourth-order valence-corrected chi connectivity index (χ4v) is 4.43. The molecule has 1 amide bonds. The predicted molar refractivity (Wildman–Crippen MR) is 124 cm³/mol. The van der Waals surface area contributed by atoms with Crippen molar-refractivity contribution in [2.75, 3.05) is 18.2 Å². The van der Waals surface area contributed by atoms with Crippen molar-refractivity contribution in [2.45, 2.75) is 18.5 Å². The number of benzene rings is 2. The maximum Gasteiger partial charge on any atom is 0.236 e. The number of hydrogen-bond donors (Lipinski definition) is 1. The number of anilines is 1. The van der Waals surface area contributed by atoms with Gasteiger partial charge in [0.15, 0.2) is 10.3 Å². The molecular weight excluding hydrogens is 430 g/mol. The summed E-state index contributed by atoms with van der Waals surface area (Å²) in [5, 5.41) is 14.1. The minimum atomic E-state index is -0.151. The van der Waals surface area contributed by atoms with Gasteiger partial charge in [0.1, 0.15) is 12.1 Å². The molecular formula is C22H21N5O2S2. The number of para-hydroxylation sites is 2. The van der Waals surface area contributed by atoms with Crippen LogP contribution in [-0.2, 0) is 11.2 Å². The van der Waals surface area contributed by atoms with Gasteiger partial charge in [0.2, 0.25) is 5.91 Å². The van der Waals surface area contributed by atoms with Crippen molar-refractivity contribution < 1.29 is 9.53 Å². The molecule has 0 unspecified atom stereocenters. The summed E-state index contributed by atoms with van der Waals surface area (Å²) >= 11 is 2.71. The van der Waals surface area contributed by atoms with Crippen molar-refractivity contribution in [3.05, 3.63) is 65.8 Å². The van der Waals surface area contributed by atoms with E-state index < -0.39 is 0 Å². The fraction of sp³-hybridized carbons (Fsp3) is 0.182. The number of aryl methyl sites for hydroxylation is 1. The Balaban J connectivity index is 1.39. The first-order chi connectivity index (χ1) is 15.2. The molecule has 4 aromatic rings. The second-order valence-electron chi connectivity index (χ2n) is 6.58. The number of thioether (sulfide) groups is 1. The molecule has 0 aliphatic heterocycles. The highest BCUT2D eigenvalue weighted by atomic mass is 32.2. The number of nitrogens with zero attached hydrogens (tertiary/aromatic N) is 4. The topological polar surface area (TPSA) is 81.9 Å². The van der Waals surface area contributed by atoms with Gasteiger partial charge in [-0.15, -0.1) is 21.5 Å². The van der Waals surface area contributed by atoms with Crippen molar-refractivity contribution in [1.29, 1.82) is 0 Å². The fourth-order valence-electron chi connectivity index (χ4n) is 2.98. The molecule has 0 saturated heterocycles. The molecule has 9 heteroatoms. The zero-order valence-electron chi connectivity index (χ0n) is 17.1. The van der Waals surface area contributed by atoms with Crippen molar-refractivity contribution >= 4 is 34.1 Å². The van der Waals surface area contributed by atoms with E-state index in [-0.39, 0.29) is 11.7 Å². The quantitative estimate of drug-likeness (QED) is 0.391. The average Bonchev–Trinajstić information content (AvgIpc) is 3.47. The van der Waals surface area contributed by atoms with Crippen LogP contribution in [0.1, 0.15) is 12.5 Å². The summed E-state index contributed by atoms with van der Waals surface area (Å²) < 4.78 is 7.21. The highest BCUT2D eigenvalue weighted by Gasteiger charge is 2.14. The van der Waals surface area contributed by atoms with Crippen LogP contribution in [-0.4, -0.2) is 38.5 Å². The standard InChI is InChI=1S/C22H21N5O2S2/c1-3-15-8-10-16(11-9-15)17-12-30-21(24-17)25-20(28)13-31-22-26-23-14-27(22)18-6-4-5-7-19(18)29-2/h4-12,14H,3,13H2,1-2H3,(H,24,25,28). The van der Waals surface area contributed by atoms with Crippen molar-refractivity contribution in [3.63, 3.8) is 0 Å². The van der Waals surface area contributed by atoms with E-state index >= 15 is 0 Å². The second kappa shape index (κ2) is 9.76. The molecule has 158 valence electrons. The number of methoxy groups -OCH3 is 1. The number of thiazole rings is 1. The minimum absolute atomic E-state index is 0.151. The maximum atomic E-state index is 12.5. The van der Waals surface area contributed by atoms with E-state index in [1.807, 2.05) is 29.6 Å². The molecule has 0 fully saturated rings. The molecule has 0 saturated carbocycles. The van der Waals surface area contributed by atoms with Gasteiger partial charge in [0, 0.05) is 10.9 Å². The third-order valence-electron chi connectivity index (χ3n) is 4.60. The van der Waals surface area contributed by atoms with Crippen LogP contribution in [0, 0.1) is 0 Å². The third kappa shape index (κ3) is 4.95. The zero-order valence-corrected chi connectivity index (χ0v) is 18.7. The van der Waals surface area contributed by atoms with E-state index in [0.29, 0.717) is 16.0 Å². The monoisotopic (exact) mass is 451 g/mol. The Bertz CT molecular complexity index is 1170. The van der Waals surface area contributed by atoms with E-state index in [1.54, 1.807) is 18.0 Å². The number of aromatic nitrogens is 4. The van der Waals surface area contributed by atoms with Gasteiger partial charge >= 0.3 is 0 Å². The summed E-state index contributed by atoms with van der Waals surface area (Å²) in [6.07, 6.45) is 2.61. The van der Waals surface area contributed by atoms with E-state index in [2.05, 4.69) is 51.7 Å². The second-order valence-corrected chi connectivity index (χ2v) is 8.38. The van der Waals surface area contributed by atoms with E-state index in [9.17, 15) is 4.79 Å². The zero-order chi connectivity index (χ0) is 21.6. The maximum absolute atomic E-state index is 12.5. The lowest BCUT2D eigenvalue weighted by molar-refractivity contribution is -0.113. The minimum Gasteiger partial charge on any atom is -0.495 e. The lowest BCUT2D eigenvalue weighted by Gasteiger charge is -2.10. The number of carbonyl (C=O) groups is 1. The Morgan fingerprint density at radius 3 is 2.77 bits per heavy atom. The van der Waals surface area contributed by atoms with Gasteiger partial charge in [0.05, 0.1) is 24.2 Å². The largest absolute Gasteiger partial charge is 0.495 e. The number of amides is 1. The summed E-state index contributed by atoms with van der Waals surface area (Å²) in [6.45, 7) is 2.13. The van der Waals surface area contributed by atoms with E-state index in [1.165, 1.54) is 28.7 Å². The summed E-state index contributed by atoms with van der Waals surface area (Å²) in [7, 11) is 1.61. The Kier molecular flexibility index (Phi) is 6.63. The van der Waals surface area contributed by atoms with Crippen LogP contribution in [0.25, 0.3) is 16.9 Å². The first-order valence-electron chi connectivity index (χ1n) is 9.69. The van der Waals surface area contributed by atoms with Crippen LogP contribution in [0.2, 0.25) is 0 Å². The van der Waals surface area contributed by atoms with Gasteiger partial charge < -0.3 is 10.1 Å². The van der Waals surface area contributed by atoms with Crippen LogP contribution >= 0.6 is 23.1 Å². The normalized spacial score (nSPS) is 10.8. The van der Waals surface area contributed by atoms with Crippen LogP contribution in [0.3, 0.4) is 0 Å². The van der Waals surface area contributed by atoms with Gasteiger partial charge in [-0.25, -0.2) is 4.98 Å². The van der Waals surface area contributed by atoms with Gasteiger partial charge in [-0.3, -0.25) is 9.36 Å². The first kappa shape index (κ1) is 21.1. The van der Waals surface area contributed by atoms with Crippen molar-refractivity contribution in [3.8, 4) is 22.7 Å². The number of nitrogens with one attached hydrogen (secondary N) is 1. The molecule has 0 atom stereocenters. The molecule has 0 radical (unpaired) electrons. The Hall–Kier alpha value is -3.17. The van der Waals surface area contributed by atoms with E-state index in [4.69, 9.17) is 4.74 Å². The summed E-state index contributed by atoms with van der Waals surface area (Å²) in [5.74, 6) is 0.742. The predicted octanol–water partition coefficient (Wildman–Crippen LogP) is 4.69. The van der Waals surface area contributed by atoms with Crippen molar-refractivity contribution in [2.24, 2.45) is 0 Å². The van der Waals surface area contributed by atoms with Crippen molar-refractivity contribution in [1.82, 2.24) is 19.7 Å². The van der Waals surface area contributed by atoms with Crippen LogP contribution < -0.4 is 10.1 Å². The Morgan fingerprint density at radius 2 is 2.00 bits per heavy atom. The number of ether oxygens (including phenoxy) is 1. The molecule has 1 N–H and O–H groups in total. The molecule has 7 nitrogen and oxygen atoms in total. The number of carbonyl (C=O) groups excluding carboxylic acids is 1. The molecule has 2 aromatic heterocycles. The molecule has 2 aromatic carbocycles. The lowest BCUT2D eigenvalue weighted by atomic mass is 10.1.